The SMILES string of the molecule is C=CC(=O)OCCN1C(=O)CCC1=O.C=CC(=O)OCCN1C(=O)c2ccccc2C1=O.C=CC(=O)OCCOC(=O)/C=C\C(=O)O.[RbH].[RbH].[RbH]. The minimum atomic E-state index is -1.25. The fraction of sp³-hybridized carbons (Fsp3) is 0.258. The van der Waals surface area contributed by atoms with Crippen molar-refractivity contribution >= 4 is 228 Å². The first-order valence-corrected chi connectivity index (χ1v) is 13.6. The van der Waals surface area contributed by atoms with Crippen molar-refractivity contribution in [3.05, 3.63) is 85.5 Å². The Morgan fingerprint density at radius 1 is 0.600 bits per heavy atom. The zero-order chi connectivity index (χ0) is 35.4. The number of likely N-dealkylation sites (tertiary alicyclic amines) is 1. The summed E-state index contributed by atoms with van der Waals surface area (Å²) in [7, 11) is 0. The summed E-state index contributed by atoms with van der Waals surface area (Å²) in [4.78, 5) is 101. The Bertz CT molecular complexity index is 1410. The summed E-state index contributed by atoms with van der Waals surface area (Å²) in [6.07, 6.45) is 4.97. The molecule has 0 spiro atoms. The molecule has 1 aromatic rings. The van der Waals surface area contributed by atoms with Crippen LogP contribution in [0.1, 0.15) is 33.6 Å². The fourth-order valence-corrected chi connectivity index (χ4v) is 3.44. The number of hydrogen-bond acceptors (Lipinski definition) is 13. The average molecular weight is 916 g/mol. The molecule has 4 amide bonds. The second kappa shape index (κ2) is 30.7. The first-order chi connectivity index (χ1) is 22.4. The number of rotatable bonds is 14. The van der Waals surface area contributed by atoms with Crippen LogP contribution in [0.25, 0.3) is 0 Å². The van der Waals surface area contributed by atoms with Crippen LogP contribution < -0.4 is 0 Å². The molecule has 16 nitrogen and oxygen atoms in total. The summed E-state index contributed by atoms with van der Waals surface area (Å²) in [6, 6.07) is 6.60. The molecule has 0 bridgehead atoms. The molecule has 2 aliphatic heterocycles. The molecular weight excluding hydrogens is 881 g/mol. The van der Waals surface area contributed by atoms with E-state index in [0.717, 1.165) is 34.1 Å². The number of nitrogens with zero attached hydrogens (tertiary/aromatic N) is 2. The third-order valence-electron chi connectivity index (χ3n) is 5.59. The summed E-state index contributed by atoms with van der Waals surface area (Å²) in [5.74, 6) is -4.93. The van der Waals surface area contributed by atoms with E-state index in [4.69, 9.17) is 9.84 Å². The van der Waals surface area contributed by atoms with Gasteiger partial charge in [0.25, 0.3) is 11.8 Å². The van der Waals surface area contributed by atoms with Crippen molar-refractivity contribution < 1.29 is 67.2 Å². The molecule has 1 N–H and O–H groups in total. The van der Waals surface area contributed by atoms with Gasteiger partial charge < -0.3 is 24.1 Å². The average Bonchev–Trinajstić information content (AvgIpc) is 3.51. The zero-order valence-electron chi connectivity index (χ0n) is 25.1. The number of carboxylic acids is 1. The van der Waals surface area contributed by atoms with E-state index in [1.807, 2.05) is 0 Å². The van der Waals surface area contributed by atoms with Gasteiger partial charge in [0.05, 0.1) is 24.2 Å². The van der Waals surface area contributed by atoms with Gasteiger partial charge in [-0.15, -0.1) is 0 Å². The number of benzene rings is 1. The quantitative estimate of drug-likeness (QED) is 0.0766. The number of carbonyl (C=O) groups excluding carboxylic acids is 8. The van der Waals surface area contributed by atoms with E-state index in [-0.39, 0.29) is 251 Å². The molecule has 1 aromatic carbocycles. The number of aliphatic carboxylic acids is 1. The molecule has 1 saturated heterocycles. The predicted molar refractivity (Wildman–Crippen MR) is 180 cm³/mol. The zero-order valence-corrected chi connectivity index (χ0v) is 25.1. The van der Waals surface area contributed by atoms with Gasteiger partial charge in [-0.1, -0.05) is 31.9 Å². The Labute approximate surface area is 434 Å². The number of imide groups is 2. The number of esters is 4. The van der Waals surface area contributed by atoms with Crippen LogP contribution in [-0.4, -0.2) is 282 Å². The third kappa shape index (κ3) is 21.1. The molecule has 19 heteroatoms. The summed E-state index contributed by atoms with van der Waals surface area (Å²) >= 11 is 0. The molecular formula is C31H35N2O14Rb3. The van der Waals surface area contributed by atoms with Crippen molar-refractivity contribution in [3.8, 4) is 0 Å². The minimum absolute atomic E-state index is 0. The van der Waals surface area contributed by atoms with E-state index in [0.29, 0.717) is 17.2 Å². The van der Waals surface area contributed by atoms with Crippen LogP contribution in [0.2, 0.25) is 0 Å². The first-order valence-electron chi connectivity index (χ1n) is 13.6. The first kappa shape index (κ1) is 53.6. The van der Waals surface area contributed by atoms with Gasteiger partial charge in [0, 0.05) is 43.2 Å². The van der Waals surface area contributed by atoms with Crippen molar-refractivity contribution in [1.82, 2.24) is 9.80 Å². The molecule has 256 valence electrons. The monoisotopic (exact) mass is 914 g/mol. The Balaban J connectivity index is -0.000000650. The molecule has 0 atom stereocenters. The number of carboxylic acid groups (broad SMARTS) is 1. The standard InChI is InChI=1S/C13H11NO4.C9H11NO4.C9H10O6.3Rb.3H/c1-2-11(15)18-8-7-14-12(16)9-5-3-4-6-10(9)13(14)17;1-2-9(13)14-6-5-10-7(11)3-4-8(10)12;1-2-8(12)14-5-6-15-9(13)4-3-7(10)11;;;;;;/h2-6H,1,7-8H2;2H,1,3-6H2;2-4H,1,5-6H2,(H,10,11);;;;;;/b;;4-3-;;;;;;. The summed E-state index contributed by atoms with van der Waals surface area (Å²) in [5, 5.41) is 8.16. The Morgan fingerprint density at radius 3 is 1.34 bits per heavy atom. The molecule has 0 aliphatic carbocycles. The fourth-order valence-electron chi connectivity index (χ4n) is 3.44. The van der Waals surface area contributed by atoms with Crippen molar-refractivity contribution in [3.63, 3.8) is 0 Å². The van der Waals surface area contributed by atoms with Crippen molar-refractivity contribution in [2.24, 2.45) is 0 Å². The van der Waals surface area contributed by atoms with Gasteiger partial charge in [-0.2, -0.15) is 0 Å². The predicted octanol–water partition coefficient (Wildman–Crippen LogP) is -1.17. The maximum absolute atomic E-state index is 11.9. The summed E-state index contributed by atoms with van der Waals surface area (Å²) < 4.78 is 18.4. The molecule has 2 aliphatic rings. The van der Waals surface area contributed by atoms with E-state index in [1.54, 1.807) is 24.3 Å². The van der Waals surface area contributed by atoms with Crippen LogP contribution in [0, 0.1) is 0 Å². The van der Waals surface area contributed by atoms with Crippen molar-refractivity contribution in [2.75, 3.05) is 39.5 Å². The topological polar surface area (TPSA) is 217 Å². The maximum atomic E-state index is 11.9. The van der Waals surface area contributed by atoms with Gasteiger partial charge in [0.2, 0.25) is 11.8 Å². The van der Waals surface area contributed by atoms with Crippen LogP contribution in [-0.2, 0) is 52.5 Å². The molecule has 0 radical (unpaired) electrons. The number of carbonyl (C=O) groups is 9. The van der Waals surface area contributed by atoms with Crippen molar-refractivity contribution in [2.45, 2.75) is 12.8 Å². The van der Waals surface area contributed by atoms with Crippen LogP contribution in [0.15, 0.2) is 74.4 Å². The van der Waals surface area contributed by atoms with Crippen LogP contribution in [0.5, 0.6) is 0 Å². The number of hydrogen-bond donors (Lipinski definition) is 1. The van der Waals surface area contributed by atoms with E-state index >= 15 is 0 Å². The number of ether oxygens (including phenoxy) is 4. The summed E-state index contributed by atoms with van der Waals surface area (Å²) in [6.45, 7) is 9.58. The molecule has 0 aromatic heterocycles. The van der Waals surface area contributed by atoms with Gasteiger partial charge in [0.1, 0.15) is 26.4 Å². The van der Waals surface area contributed by atoms with E-state index in [9.17, 15) is 43.2 Å². The van der Waals surface area contributed by atoms with Crippen LogP contribution in [0.3, 0.4) is 0 Å². The molecule has 0 unspecified atom stereocenters. The van der Waals surface area contributed by atoms with E-state index in [2.05, 4.69) is 33.9 Å². The Kier molecular flexibility index (Phi) is 32.9. The molecule has 0 saturated carbocycles. The number of fused-ring (bicyclic) bond motifs is 1. The van der Waals surface area contributed by atoms with E-state index < -0.39 is 29.8 Å². The summed E-state index contributed by atoms with van der Waals surface area (Å²) in [5.41, 5.74) is 0.773. The van der Waals surface area contributed by atoms with Gasteiger partial charge >= 0.3 is 204 Å². The molecule has 2 heterocycles. The van der Waals surface area contributed by atoms with Gasteiger partial charge in [-0.3, -0.25) is 29.0 Å². The Hall–Kier alpha value is -0.774. The molecule has 3 rings (SSSR count). The van der Waals surface area contributed by atoms with Crippen LogP contribution in [0.4, 0.5) is 0 Å². The third-order valence-corrected chi connectivity index (χ3v) is 5.59. The second-order valence-electron chi connectivity index (χ2n) is 8.70. The number of amides is 4. The van der Waals surface area contributed by atoms with Crippen LogP contribution >= 0.6 is 0 Å². The molecule has 50 heavy (non-hydrogen) atoms. The normalized spacial score (nSPS) is 12.2. The van der Waals surface area contributed by atoms with Gasteiger partial charge in [0.15, 0.2) is 0 Å². The van der Waals surface area contributed by atoms with Gasteiger partial charge in [-0.05, 0) is 12.1 Å². The van der Waals surface area contributed by atoms with Gasteiger partial charge in [-0.25, -0.2) is 24.0 Å². The molecule has 1 fully saturated rings. The van der Waals surface area contributed by atoms with E-state index in [1.165, 1.54) is 0 Å². The Morgan fingerprint density at radius 2 is 0.960 bits per heavy atom. The van der Waals surface area contributed by atoms with Crippen molar-refractivity contribution in [1.29, 1.82) is 0 Å². The second-order valence-corrected chi connectivity index (χ2v) is 8.70.